The monoisotopic (exact) mass is 527 g/mol. The molecule has 1 aromatic heterocycles. The van der Waals surface area contributed by atoms with Gasteiger partial charge in [-0.3, -0.25) is 19.6 Å². The third-order valence-corrected chi connectivity index (χ3v) is 9.44. The van der Waals surface area contributed by atoms with Crippen LogP contribution >= 0.6 is 0 Å². The van der Waals surface area contributed by atoms with E-state index >= 15 is 0 Å². The van der Waals surface area contributed by atoms with E-state index in [0.29, 0.717) is 6.04 Å². The van der Waals surface area contributed by atoms with E-state index in [0.717, 1.165) is 50.6 Å². The highest BCUT2D eigenvalue weighted by atomic mass is 16.2. The summed E-state index contributed by atoms with van der Waals surface area (Å²) in [7, 11) is 6.65. The number of pyridine rings is 1. The first-order valence-corrected chi connectivity index (χ1v) is 15.0. The van der Waals surface area contributed by atoms with Gasteiger partial charge in [-0.1, -0.05) is 34.6 Å². The van der Waals surface area contributed by atoms with Crippen LogP contribution in [-0.2, 0) is 16.8 Å². The van der Waals surface area contributed by atoms with Gasteiger partial charge >= 0.3 is 0 Å². The molecule has 0 bridgehead atoms. The molecular formula is C32H57N5O. The predicted octanol–water partition coefficient (Wildman–Crippen LogP) is 5.41. The van der Waals surface area contributed by atoms with Crippen LogP contribution in [0.15, 0.2) is 18.3 Å². The second-order valence-electron chi connectivity index (χ2n) is 14.6. The van der Waals surface area contributed by atoms with Gasteiger partial charge in [-0.25, -0.2) is 0 Å². The Morgan fingerprint density at radius 1 is 0.895 bits per heavy atom. The second-order valence-corrected chi connectivity index (χ2v) is 14.6. The number of carbonyl (C=O) groups is 1. The largest absolute Gasteiger partial charge is 0.342 e. The van der Waals surface area contributed by atoms with Gasteiger partial charge in [0.05, 0.1) is 5.69 Å². The van der Waals surface area contributed by atoms with E-state index in [2.05, 4.69) is 80.6 Å². The van der Waals surface area contributed by atoms with Gasteiger partial charge in [0.15, 0.2) is 0 Å². The van der Waals surface area contributed by atoms with E-state index in [1.807, 2.05) is 27.0 Å². The molecule has 6 nitrogen and oxygen atoms in total. The summed E-state index contributed by atoms with van der Waals surface area (Å²) in [4.78, 5) is 27.0. The summed E-state index contributed by atoms with van der Waals surface area (Å²) >= 11 is 0. The molecular weight excluding hydrogens is 470 g/mol. The van der Waals surface area contributed by atoms with Crippen molar-refractivity contribution in [2.45, 2.75) is 117 Å². The van der Waals surface area contributed by atoms with E-state index in [1.54, 1.807) is 0 Å². The first-order chi connectivity index (χ1) is 17.6. The molecule has 216 valence electrons. The standard InChI is InChI=1S/C32H57N5O/c1-30(2,3)29(38)36-19-12-28(13-20-36)35(10)24-26-23-25(11-18-33-26)31(4,5)16-17-32(6,7)37-21-14-27(15-22-37)34(8)9/h11,18,23,27-28H,12-17,19-22,24H2,1-10H3. The fourth-order valence-electron chi connectivity index (χ4n) is 6.26. The van der Waals surface area contributed by atoms with Gasteiger partial charge in [0.1, 0.15) is 0 Å². The lowest BCUT2D eigenvalue weighted by atomic mass is 9.77. The van der Waals surface area contributed by atoms with Crippen LogP contribution in [0.3, 0.4) is 0 Å². The molecule has 3 heterocycles. The summed E-state index contributed by atoms with van der Waals surface area (Å²) in [6.45, 7) is 20.7. The lowest BCUT2D eigenvalue weighted by Crippen LogP contribution is -2.51. The van der Waals surface area contributed by atoms with Crippen molar-refractivity contribution < 1.29 is 4.79 Å². The van der Waals surface area contributed by atoms with E-state index in [4.69, 9.17) is 4.98 Å². The van der Waals surface area contributed by atoms with Crippen LogP contribution in [0.5, 0.6) is 0 Å². The molecule has 0 saturated carbocycles. The summed E-state index contributed by atoms with van der Waals surface area (Å²) in [6.07, 6.45) is 8.96. The highest BCUT2D eigenvalue weighted by Gasteiger charge is 2.34. The zero-order valence-electron chi connectivity index (χ0n) is 26.3. The molecule has 0 aromatic carbocycles. The number of aromatic nitrogens is 1. The van der Waals surface area contributed by atoms with E-state index in [9.17, 15) is 4.79 Å². The average Bonchev–Trinajstić information content (AvgIpc) is 2.87. The summed E-state index contributed by atoms with van der Waals surface area (Å²) in [5.74, 6) is 0.274. The van der Waals surface area contributed by atoms with Gasteiger partial charge < -0.3 is 9.80 Å². The number of amides is 1. The van der Waals surface area contributed by atoms with Crippen LogP contribution in [0.1, 0.15) is 98.2 Å². The Bertz CT molecular complexity index is 903. The first-order valence-electron chi connectivity index (χ1n) is 15.0. The third kappa shape index (κ3) is 8.02. The van der Waals surface area contributed by atoms with Crippen LogP contribution in [-0.4, -0.2) is 95.4 Å². The van der Waals surface area contributed by atoms with Crippen LogP contribution < -0.4 is 0 Å². The SMILES string of the molecule is CN(C)C1CCN(C(C)(C)CCC(C)(C)c2ccnc(CN(C)C3CCN(C(=O)C(C)(C)C)CC3)c2)CC1. The Morgan fingerprint density at radius 2 is 1.47 bits per heavy atom. The van der Waals surface area contributed by atoms with E-state index in [1.165, 1.54) is 37.9 Å². The van der Waals surface area contributed by atoms with Crippen molar-refractivity contribution >= 4 is 5.91 Å². The Balaban J connectivity index is 1.54. The number of piperidine rings is 2. The molecule has 0 radical (unpaired) electrons. The molecule has 0 aliphatic carbocycles. The number of likely N-dealkylation sites (tertiary alicyclic amines) is 2. The first kappa shape index (κ1) is 31.0. The average molecular weight is 528 g/mol. The number of rotatable bonds is 9. The van der Waals surface area contributed by atoms with E-state index < -0.39 is 0 Å². The maximum Gasteiger partial charge on any atom is 0.227 e. The Labute approximate surface area is 234 Å². The van der Waals surface area contributed by atoms with Crippen LogP contribution in [0.2, 0.25) is 0 Å². The highest BCUT2D eigenvalue weighted by Crippen LogP contribution is 2.34. The Hall–Kier alpha value is -1.50. The van der Waals surface area contributed by atoms with E-state index in [-0.39, 0.29) is 22.3 Å². The minimum Gasteiger partial charge on any atom is -0.342 e. The quantitative estimate of drug-likeness (QED) is 0.429. The Morgan fingerprint density at radius 3 is 2.03 bits per heavy atom. The van der Waals surface area contributed by atoms with Crippen molar-refractivity contribution in [1.82, 2.24) is 24.6 Å². The maximum atomic E-state index is 12.7. The molecule has 0 spiro atoms. The van der Waals surface area contributed by atoms with Crippen molar-refractivity contribution in [2.75, 3.05) is 47.3 Å². The topological polar surface area (TPSA) is 42.9 Å². The number of nitrogens with zero attached hydrogens (tertiary/aromatic N) is 5. The second kappa shape index (κ2) is 12.3. The normalized spacial score (nSPS) is 19.5. The zero-order chi connectivity index (χ0) is 28.3. The van der Waals surface area contributed by atoms with Crippen molar-refractivity contribution in [3.63, 3.8) is 0 Å². The van der Waals surface area contributed by atoms with Crippen molar-refractivity contribution in [3.05, 3.63) is 29.6 Å². The highest BCUT2D eigenvalue weighted by molar-refractivity contribution is 5.81. The molecule has 2 fully saturated rings. The molecule has 2 saturated heterocycles. The fourth-order valence-corrected chi connectivity index (χ4v) is 6.26. The minimum absolute atomic E-state index is 0.105. The molecule has 0 atom stereocenters. The van der Waals surface area contributed by atoms with Gasteiger partial charge in [-0.2, -0.15) is 0 Å². The number of carbonyl (C=O) groups excluding carboxylic acids is 1. The van der Waals surface area contributed by atoms with Gasteiger partial charge in [0, 0.05) is 62.0 Å². The summed E-state index contributed by atoms with van der Waals surface area (Å²) in [5.41, 5.74) is 2.57. The molecule has 2 aliphatic rings. The third-order valence-electron chi connectivity index (χ3n) is 9.44. The molecule has 3 rings (SSSR count). The lowest BCUT2D eigenvalue weighted by Gasteiger charge is -2.45. The van der Waals surface area contributed by atoms with Gasteiger partial charge in [-0.05, 0) is 96.6 Å². The molecule has 6 heteroatoms. The van der Waals surface area contributed by atoms with Crippen LogP contribution in [0, 0.1) is 5.41 Å². The predicted molar refractivity (Wildman–Crippen MR) is 159 cm³/mol. The minimum atomic E-state index is -0.298. The molecule has 0 unspecified atom stereocenters. The van der Waals surface area contributed by atoms with Crippen molar-refractivity contribution in [2.24, 2.45) is 5.41 Å². The fraction of sp³-hybridized carbons (Fsp3) is 0.812. The Kier molecular flexibility index (Phi) is 10.1. The smallest absolute Gasteiger partial charge is 0.227 e. The van der Waals surface area contributed by atoms with Crippen LogP contribution in [0.25, 0.3) is 0 Å². The van der Waals surface area contributed by atoms with Crippen LogP contribution in [0.4, 0.5) is 0 Å². The molecule has 1 aromatic rings. The van der Waals surface area contributed by atoms with Crippen molar-refractivity contribution in [3.8, 4) is 0 Å². The number of hydrogen-bond donors (Lipinski definition) is 0. The molecule has 2 aliphatic heterocycles. The van der Waals surface area contributed by atoms with Gasteiger partial charge in [0.2, 0.25) is 5.91 Å². The summed E-state index contributed by atoms with van der Waals surface area (Å²) in [6, 6.07) is 5.78. The van der Waals surface area contributed by atoms with Gasteiger partial charge in [0.25, 0.3) is 0 Å². The zero-order valence-corrected chi connectivity index (χ0v) is 26.3. The summed E-state index contributed by atoms with van der Waals surface area (Å²) < 4.78 is 0. The van der Waals surface area contributed by atoms with Gasteiger partial charge in [-0.15, -0.1) is 0 Å². The van der Waals surface area contributed by atoms with Crippen molar-refractivity contribution in [1.29, 1.82) is 0 Å². The molecule has 38 heavy (non-hydrogen) atoms. The maximum absolute atomic E-state index is 12.7. The molecule has 0 N–H and O–H groups in total. The lowest BCUT2D eigenvalue weighted by molar-refractivity contribution is -0.141. The molecule has 1 amide bonds. The number of hydrogen-bond acceptors (Lipinski definition) is 5. The summed E-state index contributed by atoms with van der Waals surface area (Å²) in [5, 5.41) is 0.